The number of hydrogen-bond donors (Lipinski definition) is 0. The minimum Gasteiger partial charge on any atom is -0.497 e. The highest BCUT2D eigenvalue weighted by Gasteiger charge is 2.15. The van der Waals surface area contributed by atoms with Gasteiger partial charge in [-0.3, -0.25) is 0 Å². The fourth-order valence-corrected chi connectivity index (χ4v) is 1.74. The van der Waals surface area contributed by atoms with Crippen LogP contribution < -0.4 is 4.74 Å². The summed E-state index contributed by atoms with van der Waals surface area (Å²) in [6.45, 7) is 3.89. The molecule has 0 bridgehead atoms. The number of hydrogen-bond acceptors (Lipinski definition) is 3. The Labute approximate surface area is 90.0 Å². The molecule has 1 unspecified atom stereocenters. The van der Waals surface area contributed by atoms with Gasteiger partial charge in [0.05, 0.1) is 7.11 Å². The van der Waals surface area contributed by atoms with Crippen LogP contribution in [-0.4, -0.2) is 20.5 Å². The molecule has 1 atom stereocenters. The van der Waals surface area contributed by atoms with E-state index in [1.807, 2.05) is 26.0 Å². The van der Waals surface area contributed by atoms with Crippen LogP contribution in [0.3, 0.4) is 0 Å². The molecular weight excluding hydrogens is 192 g/mol. The van der Waals surface area contributed by atoms with Crippen LogP contribution in [0.25, 0.3) is 0 Å². The van der Waals surface area contributed by atoms with Gasteiger partial charge < -0.3 is 14.3 Å². The quantitative estimate of drug-likeness (QED) is 0.711. The van der Waals surface area contributed by atoms with E-state index in [0.717, 1.165) is 28.7 Å². The molecule has 1 aromatic carbocycles. The fraction of sp³-hybridized carbons (Fsp3) is 0.417. The van der Waals surface area contributed by atoms with Gasteiger partial charge in [0.2, 0.25) is 0 Å². The molecule has 1 rings (SSSR count). The predicted octanol–water partition coefficient (Wildman–Crippen LogP) is 2.20. The number of benzene rings is 1. The fourth-order valence-electron chi connectivity index (χ4n) is 1.74. The molecule has 0 amide bonds. The third kappa shape index (κ3) is 2.36. The van der Waals surface area contributed by atoms with E-state index in [1.165, 1.54) is 7.11 Å². The molecule has 0 heterocycles. The highest BCUT2D eigenvalue weighted by Crippen LogP contribution is 2.27. The van der Waals surface area contributed by atoms with Gasteiger partial charge in [-0.1, -0.05) is 0 Å². The lowest BCUT2D eigenvalue weighted by Crippen LogP contribution is -2.07. The summed E-state index contributed by atoms with van der Waals surface area (Å²) >= 11 is 0. The molecule has 3 heteroatoms. The molecule has 15 heavy (non-hydrogen) atoms. The molecule has 0 radical (unpaired) electrons. The van der Waals surface area contributed by atoms with Gasteiger partial charge in [0, 0.05) is 7.11 Å². The molecule has 1 aromatic rings. The summed E-state index contributed by atoms with van der Waals surface area (Å²) in [6.07, 6.45) is 0.317. The Bertz CT molecular complexity index is 335. The van der Waals surface area contributed by atoms with Crippen LogP contribution in [0.4, 0.5) is 0 Å². The number of aldehydes is 1. The summed E-state index contributed by atoms with van der Waals surface area (Å²) in [7, 11) is 3.16. The van der Waals surface area contributed by atoms with Crippen LogP contribution in [0.2, 0.25) is 0 Å². The summed E-state index contributed by atoms with van der Waals surface area (Å²) in [5.74, 6) is 0.800. The molecule has 0 saturated carbocycles. The average Bonchev–Trinajstić information content (AvgIpc) is 2.23. The van der Waals surface area contributed by atoms with E-state index in [2.05, 4.69) is 0 Å². The van der Waals surface area contributed by atoms with E-state index in [1.54, 1.807) is 7.11 Å². The van der Waals surface area contributed by atoms with E-state index in [-0.39, 0.29) is 0 Å². The number of carbonyl (C=O) groups is 1. The molecular formula is C12H16O3. The largest absolute Gasteiger partial charge is 0.497 e. The van der Waals surface area contributed by atoms with E-state index in [9.17, 15) is 4.79 Å². The van der Waals surface area contributed by atoms with Gasteiger partial charge in [-0.25, -0.2) is 0 Å². The first kappa shape index (κ1) is 11.7. The number of aryl methyl sites for hydroxylation is 2. The van der Waals surface area contributed by atoms with E-state index in [0.29, 0.717) is 0 Å². The number of carbonyl (C=O) groups excluding carboxylic acids is 1. The molecule has 0 saturated heterocycles. The van der Waals surface area contributed by atoms with Gasteiger partial charge in [-0.15, -0.1) is 0 Å². The second-order valence-corrected chi connectivity index (χ2v) is 3.47. The van der Waals surface area contributed by atoms with Gasteiger partial charge >= 0.3 is 0 Å². The lowest BCUT2D eigenvalue weighted by molar-refractivity contribution is -0.116. The zero-order valence-electron chi connectivity index (χ0n) is 9.53. The van der Waals surface area contributed by atoms with Crippen LogP contribution in [-0.2, 0) is 9.53 Å². The van der Waals surface area contributed by atoms with E-state index < -0.39 is 6.10 Å². The van der Waals surface area contributed by atoms with Crippen molar-refractivity contribution in [2.24, 2.45) is 0 Å². The third-order valence-corrected chi connectivity index (χ3v) is 2.46. The maximum Gasteiger partial charge on any atom is 0.153 e. The SMILES string of the molecule is COc1cc(C)c(C(C=O)OC)c(C)c1. The maximum absolute atomic E-state index is 10.8. The zero-order valence-corrected chi connectivity index (χ0v) is 9.53. The second kappa shape index (κ2) is 4.94. The first-order valence-electron chi connectivity index (χ1n) is 4.77. The lowest BCUT2D eigenvalue weighted by atomic mass is 9.98. The topological polar surface area (TPSA) is 35.5 Å². The van der Waals surface area contributed by atoms with Crippen LogP contribution in [0.1, 0.15) is 22.8 Å². The Morgan fingerprint density at radius 3 is 2.07 bits per heavy atom. The maximum atomic E-state index is 10.8. The minimum absolute atomic E-state index is 0.490. The predicted molar refractivity (Wildman–Crippen MR) is 58.3 cm³/mol. The van der Waals surface area contributed by atoms with E-state index in [4.69, 9.17) is 9.47 Å². The highest BCUT2D eigenvalue weighted by molar-refractivity contribution is 5.63. The number of methoxy groups -OCH3 is 2. The second-order valence-electron chi connectivity index (χ2n) is 3.47. The van der Waals surface area contributed by atoms with Crippen molar-refractivity contribution in [3.63, 3.8) is 0 Å². The van der Waals surface area contributed by atoms with Crippen molar-refractivity contribution in [1.82, 2.24) is 0 Å². The summed E-state index contributed by atoms with van der Waals surface area (Å²) in [4.78, 5) is 10.8. The number of ether oxygens (including phenoxy) is 2. The van der Waals surface area contributed by atoms with Gasteiger partial charge in [0.1, 0.15) is 11.9 Å². The first-order chi connectivity index (χ1) is 7.13. The molecule has 0 N–H and O–H groups in total. The molecule has 0 aromatic heterocycles. The smallest absolute Gasteiger partial charge is 0.153 e. The molecule has 3 nitrogen and oxygen atoms in total. The normalized spacial score (nSPS) is 12.3. The van der Waals surface area contributed by atoms with Gasteiger partial charge in [-0.05, 0) is 42.7 Å². The molecule has 82 valence electrons. The molecule has 0 spiro atoms. The van der Waals surface area contributed by atoms with Crippen molar-refractivity contribution in [1.29, 1.82) is 0 Å². The summed E-state index contributed by atoms with van der Waals surface area (Å²) in [6, 6.07) is 3.80. The molecule has 0 fully saturated rings. The van der Waals surface area contributed by atoms with Crippen molar-refractivity contribution in [3.05, 3.63) is 28.8 Å². The van der Waals surface area contributed by atoms with Crippen molar-refractivity contribution in [3.8, 4) is 5.75 Å². The summed E-state index contributed by atoms with van der Waals surface area (Å²) in [5, 5.41) is 0. The van der Waals surface area contributed by atoms with Crippen molar-refractivity contribution in [2.45, 2.75) is 20.0 Å². The van der Waals surface area contributed by atoms with Gasteiger partial charge in [0.25, 0.3) is 0 Å². The summed E-state index contributed by atoms with van der Waals surface area (Å²) < 4.78 is 10.3. The van der Waals surface area contributed by atoms with Crippen LogP contribution >= 0.6 is 0 Å². The lowest BCUT2D eigenvalue weighted by Gasteiger charge is -2.16. The van der Waals surface area contributed by atoms with Gasteiger partial charge in [0.15, 0.2) is 6.29 Å². The zero-order chi connectivity index (χ0) is 11.4. The van der Waals surface area contributed by atoms with Crippen molar-refractivity contribution < 1.29 is 14.3 Å². The molecule has 0 aliphatic heterocycles. The average molecular weight is 208 g/mol. The third-order valence-electron chi connectivity index (χ3n) is 2.46. The van der Waals surface area contributed by atoms with Crippen LogP contribution in [0, 0.1) is 13.8 Å². The monoisotopic (exact) mass is 208 g/mol. The highest BCUT2D eigenvalue weighted by atomic mass is 16.5. The Balaban J connectivity index is 3.23. The van der Waals surface area contributed by atoms with Crippen molar-refractivity contribution >= 4 is 6.29 Å². The minimum atomic E-state index is -0.490. The Kier molecular flexibility index (Phi) is 3.86. The Hall–Kier alpha value is -1.35. The molecule has 0 aliphatic rings. The van der Waals surface area contributed by atoms with Crippen LogP contribution in [0.5, 0.6) is 5.75 Å². The first-order valence-corrected chi connectivity index (χ1v) is 4.77. The Morgan fingerprint density at radius 2 is 1.73 bits per heavy atom. The molecule has 0 aliphatic carbocycles. The van der Waals surface area contributed by atoms with Crippen LogP contribution in [0.15, 0.2) is 12.1 Å². The number of rotatable bonds is 4. The summed E-state index contributed by atoms with van der Waals surface area (Å²) in [5.41, 5.74) is 2.94. The van der Waals surface area contributed by atoms with Gasteiger partial charge in [-0.2, -0.15) is 0 Å². The standard InChI is InChI=1S/C12H16O3/c1-8-5-10(14-3)6-9(2)12(8)11(7-13)15-4/h5-7,11H,1-4H3. The van der Waals surface area contributed by atoms with Crippen molar-refractivity contribution in [2.75, 3.05) is 14.2 Å². The van der Waals surface area contributed by atoms with E-state index >= 15 is 0 Å². The Morgan fingerprint density at radius 1 is 1.20 bits per heavy atom.